The molecule has 1 aromatic carbocycles. The zero-order chi connectivity index (χ0) is 14.4. The second-order valence-electron chi connectivity index (χ2n) is 4.39. The van der Waals surface area contributed by atoms with Crippen molar-refractivity contribution >= 4 is 33.0 Å². The van der Waals surface area contributed by atoms with E-state index >= 15 is 0 Å². The highest BCUT2D eigenvalue weighted by Crippen LogP contribution is 2.28. The van der Waals surface area contributed by atoms with Crippen molar-refractivity contribution in [1.29, 1.82) is 0 Å². The minimum atomic E-state index is 0.553. The van der Waals surface area contributed by atoms with Gasteiger partial charge in [0.2, 0.25) is 0 Å². The van der Waals surface area contributed by atoms with Crippen molar-refractivity contribution in [2.24, 2.45) is 0 Å². The van der Waals surface area contributed by atoms with Gasteiger partial charge in [0, 0.05) is 16.5 Å². The number of aryl methyl sites for hydroxylation is 1. The molecule has 3 nitrogen and oxygen atoms in total. The first-order chi connectivity index (χ1) is 9.70. The summed E-state index contributed by atoms with van der Waals surface area (Å²) in [4.78, 5) is 1.27. The van der Waals surface area contributed by atoms with Crippen molar-refractivity contribution in [3.8, 4) is 5.75 Å². The molecule has 0 atom stereocenters. The fourth-order valence-corrected chi connectivity index (χ4v) is 3.19. The van der Waals surface area contributed by atoms with Crippen LogP contribution in [0.3, 0.4) is 0 Å². The molecule has 0 aliphatic carbocycles. The summed E-state index contributed by atoms with van der Waals surface area (Å²) < 4.78 is 11.9. The van der Waals surface area contributed by atoms with Gasteiger partial charge in [0.05, 0.1) is 18.8 Å². The molecule has 0 unspecified atom stereocenters. The topological polar surface area (TPSA) is 30.5 Å². The monoisotopic (exact) mass is 355 g/mol. The maximum absolute atomic E-state index is 5.76. The molecule has 108 valence electrons. The Bertz CT molecular complexity index is 557. The van der Waals surface area contributed by atoms with Gasteiger partial charge in [-0.2, -0.15) is 0 Å². The standard InChI is InChI=1S/C15H18BrNO2S/c1-11-3-4-13(14(9-11)19-7-6-18-2)17-10-15-12(16)5-8-20-15/h3-5,8-9,17H,6-7,10H2,1-2H3. The SMILES string of the molecule is COCCOc1cc(C)ccc1NCc1sccc1Br. The maximum atomic E-state index is 5.76. The third-order valence-corrected chi connectivity index (χ3v) is 4.74. The Hall–Kier alpha value is -1.04. The summed E-state index contributed by atoms with van der Waals surface area (Å²) in [5.41, 5.74) is 2.19. The lowest BCUT2D eigenvalue weighted by Gasteiger charge is -2.13. The maximum Gasteiger partial charge on any atom is 0.142 e. The van der Waals surface area contributed by atoms with Gasteiger partial charge in [-0.1, -0.05) is 6.07 Å². The Kier molecular flexibility index (Phi) is 5.88. The van der Waals surface area contributed by atoms with Gasteiger partial charge in [0.25, 0.3) is 0 Å². The number of thiophene rings is 1. The molecule has 2 aromatic rings. The highest BCUT2D eigenvalue weighted by Gasteiger charge is 2.06. The molecule has 0 spiro atoms. The lowest BCUT2D eigenvalue weighted by Crippen LogP contribution is -2.07. The first-order valence-electron chi connectivity index (χ1n) is 6.39. The molecular weight excluding hydrogens is 338 g/mol. The van der Waals surface area contributed by atoms with Gasteiger partial charge in [0.1, 0.15) is 12.4 Å². The fraction of sp³-hybridized carbons (Fsp3) is 0.333. The minimum Gasteiger partial charge on any atom is -0.489 e. The molecule has 20 heavy (non-hydrogen) atoms. The van der Waals surface area contributed by atoms with Crippen LogP contribution in [0.15, 0.2) is 34.1 Å². The predicted octanol–water partition coefficient (Wildman–Crippen LogP) is 4.46. The van der Waals surface area contributed by atoms with Crippen LogP contribution in [0.2, 0.25) is 0 Å². The Morgan fingerprint density at radius 3 is 2.80 bits per heavy atom. The Labute approximate surface area is 132 Å². The summed E-state index contributed by atoms with van der Waals surface area (Å²) in [6, 6.07) is 8.24. The van der Waals surface area contributed by atoms with Crippen LogP contribution in [0, 0.1) is 6.92 Å². The average molecular weight is 356 g/mol. The number of rotatable bonds is 7. The number of benzene rings is 1. The second-order valence-corrected chi connectivity index (χ2v) is 6.24. The highest BCUT2D eigenvalue weighted by atomic mass is 79.9. The molecule has 2 rings (SSSR count). The van der Waals surface area contributed by atoms with E-state index in [4.69, 9.17) is 9.47 Å². The van der Waals surface area contributed by atoms with Crippen LogP contribution in [0.1, 0.15) is 10.4 Å². The van der Waals surface area contributed by atoms with Crippen molar-refractivity contribution in [2.75, 3.05) is 25.6 Å². The largest absolute Gasteiger partial charge is 0.489 e. The number of hydrogen-bond acceptors (Lipinski definition) is 4. The van der Waals surface area contributed by atoms with Gasteiger partial charge in [-0.15, -0.1) is 11.3 Å². The number of anilines is 1. The van der Waals surface area contributed by atoms with Crippen LogP contribution in [-0.2, 0) is 11.3 Å². The molecule has 1 N–H and O–H groups in total. The normalized spacial score (nSPS) is 10.6. The van der Waals surface area contributed by atoms with E-state index in [0.717, 1.165) is 22.5 Å². The highest BCUT2D eigenvalue weighted by molar-refractivity contribution is 9.10. The summed E-state index contributed by atoms with van der Waals surface area (Å²) in [7, 11) is 1.67. The molecular formula is C15H18BrNO2S. The number of hydrogen-bond donors (Lipinski definition) is 1. The van der Waals surface area contributed by atoms with Crippen LogP contribution in [0.5, 0.6) is 5.75 Å². The fourth-order valence-electron chi connectivity index (χ4n) is 1.76. The van der Waals surface area contributed by atoms with Crippen LogP contribution in [0.25, 0.3) is 0 Å². The first-order valence-corrected chi connectivity index (χ1v) is 8.06. The molecule has 0 saturated carbocycles. The van der Waals surface area contributed by atoms with Crippen LogP contribution < -0.4 is 10.1 Å². The summed E-state index contributed by atoms with van der Waals surface area (Å²) in [5.74, 6) is 0.870. The molecule has 5 heteroatoms. The molecule has 0 amide bonds. The zero-order valence-corrected chi connectivity index (χ0v) is 14.0. The Balaban J connectivity index is 2.04. The van der Waals surface area contributed by atoms with E-state index in [1.165, 1.54) is 10.4 Å². The molecule has 0 bridgehead atoms. The van der Waals surface area contributed by atoms with Gasteiger partial charge < -0.3 is 14.8 Å². The quantitative estimate of drug-likeness (QED) is 0.744. The van der Waals surface area contributed by atoms with Gasteiger partial charge >= 0.3 is 0 Å². The third kappa shape index (κ3) is 4.23. The Morgan fingerprint density at radius 2 is 2.10 bits per heavy atom. The van der Waals surface area contributed by atoms with E-state index in [1.807, 2.05) is 6.07 Å². The second kappa shape index (κ2) is 7.67. The number of halogens is 1. The van der Waals surface area contributed by atoms with Crippen molar-refractivity contribution in [2.45, 2.75) is 13.5 Å². The van der Waals surface area contributed by atoms with Crippen molar-refractivity contribution in [3.05, 3.63) is 44.6 Å². The van der Waals surface area contributed by atoms with E-state index in [0.29, 0.717) is 13.2 Å². The van der Waals surface area contributed by atoms with Crippen molar-refractivity contribution in [1.82, 2.24) is 0 Å². The zero-order valence-electron chi connectivity index (χ0n) is 11.6. The van der Waals surface area contributed by atoms with E-state index in [2.05, 4.69) is 51.7 Å². The van der Waals surface area contributed by atoms with E-state index in [-0.39, 0.29) is 0 Å². The van der Waals surface area contributed by atoms with Crippen molar-refractivity contribution < 1.29 is 9.47 Å². The molecule has 0 saturated heterocycles. The Morgan fingerprint density at radius 1 is 1.25 bits per heavy atom. The lowest BCUT2D eigenvalue weighted by atomic mass is 10.2. The lowest BCUT2D eigenvalue weighted by molar-refractivity contribution is 0.146. The molecule has 1 heterocycles. The van der Waals surface area contributed by atoms with E-state index < -0.39 is 0 Å². The molecule has 0 aliphatic rings. The third-order valence-electron chi connectivity index (χ3n) is 2.81. The smallest absolute Gasteiger partial charge is 0.142 e. The number of nitrogens with one attached hydrogen (secondary N) is 1. The molecule has 1 aromatic heterocycles. The van der Waals surface area contributed by atoms with Gasteiger partial charge in [-0.25, -0.2) is 0 Å². The van der Waals surface area contributed by atoms with Crippen LogP contribution in [0.4, 0.5) is 5.69 Å². The molecule has 0 radical (unpaired) electrons. The summed E-state index contributed by atoms with van der Waals surface area (Å²) in [6.07, 6.45) is 0. The minimum absolute atomic E-state index is 0.553. The summed E-state index contributed by atoms with van der Waals surface area (Å²) in [6.45, 7) is 3.98. The molecule has 0 aliphatic heterocycles. The summed E-state index contributed by atoms with van der Waals surface area (Å²) in [5, 5.41) is 5.50. The average Bonchev–Trinajstić information content (AvgIpc) is 2.84. The van der Waals surface area contributed by atoms with Gasteiger partial charge in [0.15, 0.2) is 0 Å². The van der Waals surface area contributed by atoms with Gasteiger partial charge in [-0.05, 0) is 52.0 Å². The van der Waals surface area contributed by atoms with Crippen molar-refractivity contribution in [3.63, 3.8) is 0 Å². The van der Waals surface area contributed by atoms with Gasteiger partial charge in [-0.3, -0.25) is 0 Å². The number of ether oxygens (including phenoxy) is 2. The number of methoxy groups -OCH3 is 1. The van der Waals surface area contributed by atoms with Crippen LogP contribution >= 0.6 is 27.3 Å². The van der Waals surface area contributed by atoms with E-state index in [1.54, 1.807) is 18.4 Å². The van der Waals surface area contributed by atoms with E-state index in [9.17, 15) is 0 Å². The first kappa shape index (κ1) is 15.4. The predicted molar refractivity (Wildman–Crippen MR) is 87.9 cm³/mol. The van der Waals surface area contributed by atoms with Crippen LogP contribution in [-0.4, -0.2) is 20.3 Å². The summed E-state index contributed by atoms with van der Waals surface area (Å²) >= 11 is 5.27. The molecule has 0 fully saturated rings.